The minimum absolute atomic E-state index is 0.0105. The van der Waals surface area contributed by atoms with Crippen LogP contribution in [0.25, 0.3) is 0 Å². The molecule has 0 saturated heterocycles. The van der Waals surface area contributed by atoms with Crippen LogP contribution in [0.15, 0.2) is 30.3 Å². The molecule has 1 aliphatic heterocycles. The van der Waals surface area contributed by atoms with Crippen LogP contribution in [0.2, 0.25) is 0 Å². The van der Waals surface area contributed by atoms with Gasteiger partial charge in [0.15, 0.2) is 5.69 Å². The average Bonchev–Trinajstić information content (AvgIpc) is 3.36. The summed E-state index contributed by atoms with van der Waals surface area (Å²) < 4.78 is 2.05. The van der Waals surface area contributed by atoms with Crippen LogP contribution >= 0.6 is 0 Å². The van der Waals surface area contributed by atoms with E-state index in [1.807, 2.05) is 6.07 Å². The number of hydrogen-bond donors (Lipinski definition) is 0. The van der Waals surface area contributed by atoms with Crippen molar-refractivity contribution < 1.29 is 4.79 Å². The number of aromatic nitrogens is 2. The number of carbonyl (C=O) groups is 1. The van der Waals surface area contributed by atoms with Crippen molar-refractivity contribution in [3.8, 4) is 0 Å². The van der Waals surface area contributed by atoms with Gasteiger partial charge in [-0.25, -0.2) is 0 Å². The number of nitrogens with zero attached hydrogens (tertiary/aromatic N) is 4. The number of rotatable bonds is 5. The third-order valence-corrected chi connectivity index (χ3v) is 5.21. The predicted octanol–water partition coefficient (Wildman–Crippen LogP) is 2.40. The summed E-state index contributed by atoms with van der Waals surface area (Å²) in [5.74, 6) is 0.880. The van der Waals surface area contributed by atoms with Gasteiger partial charge in [0.1, 0.15) is 0 Å². The Bertz CT molecular complexity index is 762. The van der Waals surface area contributed by atoms with E-state index >= 15 is 0 Å². The van der Waals surface area contributed by atoms with Gasteiger partial charge < -0.3 is 4.90 Å². The molecule has 25 heavy (non-hydrogen) atoms. The highest BCUT2D eigenvalue weighted by molar-refractivity contribution is 5.93. The molecule has 4 rings (SSSR count). The number of hydrogen-bond acceptors (Lipinski definition) is 3. The largest absolute Gasteiger partial charge is 0.343 e. The highest BCUT2D eigenvalue weighted by atomic mass is 16.2. The van der Waals surface area contributed by atoms with Gasteiger partial charge in [-0.15, -0.1) is 0 Å². The third kappa shape index (κ3) is 3.47. The Morgan fingerprint density at radius 2 is 2.00 bits per heavy atom. The first-order chi connectivity index (χ1) is 12.1. The normalized spacial score (nSPS) is 17.4. The highest BCUT2D eigenvalue weighted by Crippen LogP contribution is 2.32. The molecule has 1 aromatic carbocycles. The van der Waals surface area contributed by atoms with Crippen LogP contribution in [-0.4, -0.2) is 52.7 Å². The van der Waals surface area contributed by atoms with E-state index in [1.165, 1.54) is 30.6 Å². The van der Waals surface area contributed by atoms with Crippen molar-refractivity contribution in [3.63, 3.8) is 0 Å². The fourth-order valence-corrected chi connectivity index (χ4v) is 3.64. The van der Waals surface area contributed by atoms with Crippen LogP contribution in [0.3, 0.4) is 0 Å². The summed E-state index contributed by atoms with van der Waals surface area (Å²) in [5.41, 5.74) is 4.23. The van der Waals surface area contributed by atoms with E-state index in [2.05, 4.69) is 33.8 Å². The second-order valence-corrected chi connectivity index (χ2v) is 7.55. The van der Waals surface area contributed by atoms with Gasteiger partial charge in [-0.2, -0.15) is 5.10 Å². The molecule has 1 aromatic heterocycles. The molecule has 1 aliphatic carbocycles. The maximum absolute atomic E-state index is 12.7. The number of amides is 1. The Hall–Kier alpha value is -2.14. The molecular formula is C20H26N4O. The van der Waals surface area contributed by atoms with Crippen molar-refractivity contribution in [3.05, 3.63) is 52.8 Å². The maximum atomic E-state index is 12.7. The second kappa shape index (κ2) is 6.64. The lowest BCUT2D eigenvalue weighted by molar-refractivity contribution is 0.0818. The number of carbonyl (C=O) groups excluding carboxylic acids is 1. The van der Waals surface area contributed by atoms with Gasteiger partial charge in [0.05, 0.1) is 6.54 Å². The molecule has 2 aromatic rings. The fraction of sp³-hybridized carbons (Fsp3) is 0.500. The quantitative estimate of drug-likeness (QED) is 0.841. The molecule has 0 unspecified atom stereocenters. The minimum Gasteiger partial charge on any atom is -0.343 e. The van der Waals surface area contributed by atoms with E-state index in [4.69, 9.17) is 5.10 Å². The standard InChI is InChI=1S/C20H26N4O/c1-22(2)20(25)19-17-14-23(12-16-8-9-16)11-10-18(17)24(21-19)13-15-6-4-3-5-7-15/h3-7,16H,8-14H2,1-2H3. The Labute approximate surface area is 149 Å². The van der Waals surface area contributed by atoms with Gasteiger partial charge >= 0.3 is 0 Å². The Balaban J connectivity index is 1.65. The summed E-state index contributed by atoms with van der Waals surface area (Å²) in [6, 6.07) is 10.4. The van der Waals surface area contributed by atoms with Crippen molar-refractivity contribution in [1.29, 1.82) is 0 Å². The molecule has 2 aliphatic rings. The van der Waals surface area contributed by atoms with Crippen molar-refractivity contribution in [2.45, 2.75) is 32.4 Å². The minimum atomic E-state index is 0.0105. The molecule has 0 bridgehead atoms. The SMILES string of the molecule is CN(C)C(=O)c1nn(Cc2ccccc2)c2c1CN(CC1CC1)CC2. The number of benzene rings is 1. The zero-order valence-electron chi connectivity index (χ0n) is 15.1. The van der Waals surface area contributed by atoms with E-state index in [0.717, 1.165) is 37.5 Å². The van der Waals surface area contributed by atoms with Gasteiger partial charge in [0.2, 0.25) is 0 Å². The molecular weight excluding hydrogens is 312 g/mol. The Morgan fingerprint density at radius 1 is 1.24 bits per heavy atom. The molecule has 0 atom stereocenters. The van der Waals surface area contributed by atoms with Gasteiger partial charge in [-0.1, -0.05) is 30.3 Å². The van der Waals surface area contributed by atoms with Gasteiger partial charge in [0.25, 0.3) is 5.91 Å². The molecule has 132 valence electrons. The van der Waals surface area contributed by atoms with E-state index < -0.39 is 0 Å². The first-order valence-electron chi connectivity index (χ1n) is 9.18. The number of fused-ring (bicyclic) bond motifs is 1. The molecule has 1 saturated carbocycles. The van der Waals surface area contributed by atoms with Crippen molar-refractivity contribution in [2.24, 2.45) is 5.92 Å². The van der Waals surface area contributed by atoms with Crippen molar-refractivity contribution in [2.75, 3.05) is 27.2 Å². The molecule has 0 spiro atoms. The lowest BCUT2D eigenvalue weighted by atomic mass is 10.0. The summed E-state index contributed by atoms with van der Waals surface area (Å²) >= 11 is 0. The highest BCUT2D eigenvalue weighted by Gasteiger charge is 2.31. The summed E-state index contributed by atoms with van der Waals surface area (Å²) in [6.45, 7) is 3.82. The van der Waals surface area contributed by atoms with Crippen LogP contribution in [0.1, 0.15) is 40.2 Å². The third-order valence-electron chi connectivity index (χ3n) is 5.21. The van der Waals surface area contributed by atoms with Crippen molar-refractivity contribution in [1.82, 2.24) is 19.6 Å². The Kier molecular flexibility index (Phi) is 4.34. The van der Waals surface area contributed by atoms with Gasteiger partial charge in [-0.05, 0) is 24.3 Å². The van der Waals surface area contributed by atoms with Crippen LogP contribution in [-0.2, 0) is 19.5 Å². The van der Waals surface area contributed by atoms with E-state index in [1.54, 1.807) is 19.0 Å². The van der Waals surface area contributed by atoms with Crippen LogP contribution in [0.4, 0.5) is 0 Å². The summed E-state index contributed by atoms with van der Waals surface area (Å²) in [6.07, 6.45) is 3.70. The molecule has 1 fully saturated rings. The van der Waals surface area contributed by atoms with Crippen molar-refractivity contribution >= 4 is 5.91 Å². The molecule has 0 N–H and O–H groups in total. The van der Waals surface area contributed by atoms with Crippen LogP contribution in [0, 0.1) is 5.92 Å². The maximum Gasteiger partial charge on any atom is 0.274 e. The molecule has 5 heteroatoms. The zero-order valence-corrected chi connectivity index (χ0v) is 15.1. The average molecular weight is 338 g/mol. The van der Waals surface area contributed by atoms with Crippen LogP contribution < -0.4 is 0 Å². The predicted molar refractivity (Wildman–Crippen MR) is 97.5 cm³/mol. The monoisotopic (exact) mass is 338 g/mol. The summed E-state index contributed by atoms with van der Waals surface area (Å²) in [7, 11) is 3.60. The molecule has 0 radical (unpaired) electrons. The molecule has 2 heterocycles. The zero-order chi connectivity index (χ0) is 17.4. The first kappa shape index (κ1) is 16.3. The summed E-state index contributed by atoms with van der Waals surface area (Å²) in [4.78, 5) is 16.8. The smallest absolute Gasteiger partial charge is 0.274 e. The van der Waals surface area contributed by atoms with E-state index in [-0.39, 0.29) is 5.91 Å². The molecule has 1 amide bonds. The lowest BCUT2D eigenvalue weighted by Gasteiger charge is -2.27. The topological polar surface area (TPSA) is 41.4 Å². The van der Waals surface area contributed by atoms with Gasteiger partial charge in [0, 0.05) is 51.4 Å². The summed E-state index contributed by atoms with van der Waals surface area (Å²) in [5, 5.41) is 4.74. The Morgan fingerprint density at radius 3 is 2.68 bits per heavy atom. The second-order valence-electron chi connectivity index (χ2n) is 7.55. The lowest BCUT2D eigenvalue weighted by Crippen LogP contribution is -2.34. The fourth-order valence-electron chi connectivity index (χ4n) is 3.64. The molecule has 5 nitrogen and oxygen atoms in total. The van der Waals surface area contributed by atoms with Crippen LogP contribution in [0.5, 0.6) is 0 Å². The van der Waals surface area contributed by atoms with Gasteiger partial charge in [-0.3, -0.25) is 14.4 Å². The van der Waals surface area contributed by atoms with E-state index in [9.17, 15) is 4.79 Å². The van der Waals surface area contributed by atoms with E-state index in [0.29, 0.717) is 5.69 Å². The first-order valence-corrected chi connectivity index (χ1v) is 9.18.